The lowest BCUT2D eigenvalue weighted by molar-refractivity contribution is 0.189. The zero-order valence-corrected chi connectivity index (χ0v) is 12.2. The molecule has 2 unspecified atom stereocenters. The lowest BCUT2D eigenvalue weighted by Crippen LogP contribution is -2.18. The van der Waals surface area contributed by atoms with E-state index in [0.717, 1.165) is 37.6 Å². The fourth-order valence-electron chi connectivity index (χ4n) is 2.29. The Labute approximate surface area is 107 Å². The van der Waals surface area contributed by atoms with Crippen molar-refractivity contribution in [3.05, 3.63) is 0 Å². The van der Waals surface area contributed by atoms with Crippen molar-refractivity contribution < 1.29 is 13.2 Å². The van der Waals surface area contributed by atoms with E-state index in [1.54, 1.807) is 7.11 Å². The summed E-state index contributed by atoms with van der Waals surface area (Å²) < 4.78 is 27.8. The van der Waals surface area contributed by atoms with Crippen LogP contribution in [0.5, 0.6) is 0 Å². The SMILES string of the molecule is COCCCCC(CBr)C1CCS(=O)(=O)C1. The third-order valence-electron chi connectivity index (χ3n) is 3.31. The molecule has 0 bridgehead atoms. The van der Waals surface area contributed by atoms with Crippen LogP contribution in [0.3, 0.4) is 0 Å². The molecule has 1 aliphatic heterocycles. The van der Waals surface area contributed by atoms with E-state index < -0.39 is 9.84 Å². The number of ether oxygens (including phenoxy) is 1. The van der Waals surface area contributed by atoms with Crippen molar-refractivity contribution in [2.75, 3.05) is 30.6 Å². The maximum Gasteiger partial charge on any atom is 0.150 e. The van der Waals surface area contributed by atoms with Gasteiger partial charge in [-0.05, 0) is 31.1 Å². The topological polar surface area (TPSA) is 43.4 Å². The van der Waals surface area contributed by atoms with Crippen molar-refractivity contribution in [1.82, 2.24) is 0 Å². The number of hydrogen-bond donors (Lipinski definition) is 0. The first kappa shape index (κ1) is 14.5. The Morgan fingerprint density at radius 2 is 2.19 bits per heavy atom. The maximum absolute atomic E-state index is 11.4. The molecule has 0 aromatic rings. The Bertz CT molecular complexity index is 290. The number of unbranched alkanes of at least 4 members (excludes halogenated alkanes) is 1. The molecular formula is C11H21BrO3S. The predicted molar refractivity (Wildman–Crippen MR) is 69.8 cm³/mol. The van der Waals surface area contributed by atoms with E-state index in [4.69, 9.17) is 4.74 Å². The van der Waals surface area contributed by atoms with Gasteiger partial charge in [-0.15, -0.1) is 0 Å². The number of methoxy groups -OCH3 is 1. The van der Waals surface area contributed by atoms with Gasteiger partial charge in [-0.1, -0.05) is 22.4 Å². The first-order valence-electron chi connectivity index (χ1n) is 5.84. The molecule has 96 valence electrons. The summed E-state index contributed by atoms with van der Waals surface area (Å²) in [4.78, 5) is 0. The lowest BCUT2D eigenvalue weighted by atomic mass is 9.89. The van der Waals surface area contributed by atoms with Gasteiger partial charge in [-0.25, -0.2) is 8.42 Å². The smallest absolute Gasteiger partial charge is 0.150 e. The Kier molecular flexibility index (Phi) is 6.29. The van der Waals surface area contributed by atoms with Crippen LogP contribution in [0.2, 0.25) is 0 Å². The fourth-order valence-corrected chi connectivity index (χ4v) is 5.06. The zero-order chi connectivity index (χ0) is 12.0. The average molecular weight is 313 g/mol. The molecule has 0 saturated carbocycles. The van der Waals surface area contributed by atoms with Gasteiger partial charge in [0.05, 0.1) is 11.5 Å². The van der Waals surface area contributed by atoms with Gasteiger partial charge in [-0.2, -0.15) is 0 Å². The summed E-state index contributed by atoms with van der Waals surface area (Å²) in [6, 6.07) is 0. The average Bonchev–Trinajstić information content (AvgIpc) is 2.59. The van der Waals surface area contributed by atoms with E-state index in [1.807, 2.05) is 0 Å². The normalized spacial score (nSPS) is 25.8. The molecule has 0 aliphatic carbocycles. The van der Waals surface area contributed by atoms with Crippen molar-refractivity contribution in [1.29, 1.82) is 0 Å². The van der Waals surface area contributed by atoms with E-state index in [1.165, 1.54) is 0 Å². The van der Waals surface area contributed by atoms with E-state index in [0.29, 0.717) is 23.3 Å². The fraction of sp³-hybridized carbons (Fsp3) is 1.00. The molecule has 1 fully saturated rings. The van der Waals surface area contributed by atoms with Gasteiger partial charge in [0.25, 0.3) is 0 Å². The molecule has 0 aromatic carbocycles. The van der Waals surface area contributed by atoms with Crippen LogP contribution < -0.4 is 0 Å². The minimum Gasteiger partial charge on any atom is -0.385 e. The molecule has 0 aromatic heterocycles. The molecule has 5 heteroatoms. The highest BCUT2D eigenvalue weighted by molar-refractivity contribution is 9.09. The second-order valence-electron chi connectivity index (χ2n) is 4.57. The van der Waals surface area contributed by atoms with Gasteiger partial charge in [-0.3, -0.25) is 0 Å². The van der Waals surface area contributed by atoms with Crippen LogP contribution in [0.15, 0.2) is 0 Å². The zero-order valence-electron chi connectivity index (χ0n) is 9.82. The minimum atomic E-state index is -2.73. The van der Waals surface area contributed by atoms with Gasteiger partial charge >= 0.3 is 0 Å². The van der Waals surface area contributed by atoms with E-state index in [9.17, 15) is 8.42 Å². The van der Waals surface area contributed by atoms with E-state index in [-0.39, 0.29) is 0 Å². The predicted octanol–water partition coefficient (Wildman–Crippen LogP) is 2.25. The van der Waals surface area contributed by atoms with Crippen molar-refractivity contribution in [2.24, 2.45) is 11.8 Å². The minimum absolute atomic E-state index is 0.368. The van der Waals surface area contributed by atoms with Gasteiger partial charge in [0.2, 0.25) is 0 Å². The number of rotatable bonds is 7. The second-order valence-corrected chi connectivity index (χ2v) is 7.44. The first-order valence-corrected chi connectivity index (χ1v) is 8.78. The Hall–Kier alpha value is 0.390. The molecule has 1 heterocycles. The van der Waals surface area contributed by atoms with Crippen LogP contribution in [0.4, 0.5) is 0 Å². The van der Waals surface area contributed by atoms with Gasteiger partial charge in [0, 0.05) is 19.0 Å². The highest BCUT2D eigenvalue weighted by atomic mass is 79.9. The van der Waals surface area contributed by atoms with Crippen LogP contribution in [0, 0.1) is 11.8 Å². The number of hydrogen-bond acceptors (Lipinski definition) is 3. The summed E-state index contributed by atoms with van der Waals surface area (Å²) in [5.41, 5.74) is 0. The first-order chi connectivity index (χ1) is 7.59. The highest BCUT2D eigenvalue weighted by Gasteiger charge is 2.32. The molecule has 0 radical (unpaired) electrons. The number of sulfone groups is 1. The molecule has 1 aliphatic rings. The van der Waals surface area contributed by atoms with E-state index >= 15 is 0 Å². The van der Waals surface area contributed by atoms with Crippen LogP contribution in [0.25, 0.3) is 0 Å². The molecule has 0 spiro atoms. The molecule has 16 heavy (non-hydrogen) atoms. The van der Waals surface area contributed by atoms with Crippen molar-refractivity contribution in [3.63, 3.8) is 0 Å². The Morgan fingerprint density at radius 3 is 2.69 bits per heavy atom. The molecular weight excluding hydrogens is 292 g/mol. The summed E-state index contributed by atoms with van der Waals surface area (Å²) >= 11 is 3.51. The number of halogens is 1. The van der Waals surface area contributed by atoms with Crippen molar-refractivity contribution >= 4 is 25.8 Å². The number of alkyl halides is 1. The second kappa shape index (κ2) is 6.97. The Balaban J connectivity index is 2.31. The summed E-state index contributed by atoms with van der Waals surface area (Å²) in [5.74, 6) is 1.66. The van der Waals surface area contributed by atoms with E-state index in [2.05, 4.69) is 15.9 Å². The molecule has 0 N–H and O–H groups in total. The third-order valence-corrected chi connectivity index (χ3v) is 5.93. The molecule has 0 amide bonds. The summed E-state index contributed by atoms with van der Waals surface area (Å²) in [6.45, 7) is 0.804. The third kappa shape index (κ3) is 4.72. The largest absolute Gasteiger partial charge is 0.385 e. The summed E-state index contributed by atoms with van der Waals surface area (Å²) in [5, 5.41) is 0.917. The van der Waals surface area contributed by atoms with Gasteiger partial charge in [0.1, 0.15) is 0 Å². The Morgan fingerprint density at radius 1 is 1.44 bits per heavy atom. The van der Waals surface area contributed by atoms with Gasteiger partial charge < -0.3 is 4.74 Å². The standard InChI is InChI=1S/C11H21BrO3S/c1-15-6-3-2-4-10(8-12)11-5-7-16(13,14)9-11/h10-11H,2-9H2,1H3. The summed E-state index contributed by atoms with van der Waals surface area (Å²) in [6.07, 6.45) is 4.15. The quantitative estimate of drug-likeness (QED) is 0.535. The highest BCUT2D eigenvalue weighted by Crippen LogP contribution is 2.30. The van der Waals surface area contributed by atoms with Crippen LogP contribution in [-0.2, 0) is 14.6 Å². The van der Waals surface area contributed by atoms with Crippen LogP contribution >= 0.6 is 15.9 Å². The molecule has 3 nitrogen and oxygen atoms in total. The van der Waals surface area contributed by atoms with Crippen LogP contribution in [0.1, 0.15) is 25.7 Å². The maximum atomic E-state index is 11.4. The summed E-state index contributed by atoms with van der Waals surface area (Å²) in [7, 11) is -1.02. The molecule has 1 saturated heterocycles. The van der Waals surface area contributed by atoms with Crippen LogP contribution in [-0.4, -0.2) is 39.0 Å². The van der Waals surface area contributed by atoms with Gasteiger partial charge in [0.15, 0.2) is 9.84 Å². The molecule has 1 rings (SSSR count). The monoisotopic (exact) mass is 312 g/mol. The molecule has 2 atom stereocenters. The lowest BCUT2D eigenvalue weighted by Gasteiger charge is -2.19. The van der Waals surface area contributed by atoms with Crippen molar-refractivity contribution in [3.8, 4) is 0 Å². The van der Waals surface area contributed by atoms with Crippen molar-refractivity contribution in [2.45, 2.75) is 25.7 Å².